The third kappa shape index (κ3) is 2.94. The number of hydrogen-bond acceptors (Lipinski definition) is 4. The number of para-hydroxylation sites is 2. The predicted molar refractivity (Wildman–Crippen MR) is 75.0 cm³/mol. The topological polar surface area (TPSA) is 53.3 Å². The summed E-state index contributed by atoms with van der Waals surface area (Å²) in [4.78, 5) is 6.65. The van der Waals surface area contributed by atoms with E-state index in [9.17, 15) is 5.11 Å². The van der Waals surface area contributed by atoms with Crippen molar-refractivity contribution in [3.8, 4) is 0 Å². The van der Waals surface area contributed by atoms with Crippen LogP contribution in [-0.4, -0.2) is 58.4 Å². The van der Waals surface area contributed by atoms with Gasteiger partial charge in [0.1, 0.15) is 0 Å². The van der Waals surface area contributed by atoms with Crippen LogP contribution in [0, 0.1) is 0 Å². The fourth-order valence-electron chi connectivity index (χ4n) is 2.63. The molecule has 0 spiro atoms. The number of nitrogens with one attached hydrogen (secondary N) is 1. The van der Waals surface area contributed by atoms with Crippen LogP contribution < -0.4 is 5.32 Å². The van der Waals surface area contributed by atoms with Gasteiger partial charge >= 0.3 is 0 Å². The highest BCUT2D eigenvalue weighted by molar-refractivity contribution is 5.74. The molecule has 1 atom stereocenters. The first-order valence-corrected chi connectivity index (χ1v) is 6.84. The molecule has 19 heavy (non-hydrogen) atoms. The minimum atomic E-state index is -0.351. The van der Waals surface area contributed by atoms with E-state index in [0.717, 1.165) is 43.8 Å². The average molecular weight is 260 g/mol. The number of aliphatic hydroxyl groups excluding tert-OH is 1. The highest BCUT2D eigenvalue weighted by Crippen LogP contribution is 2.12. The molecule has 2 N–H and O–H groups in total. The molecule has 0 saturated carbocycles. The van der Waals surface area contributed by atoms with Gasteiger partial charge in [0.05, 0.1) is 30.0 Å². The Morgan fingerprint density at radius 2 is 2.00 bits per heavy atom. The largest absolute Gasteiger partial charge is 0.390 e. The smallest absolute Gasteiger partial charge is 0.0959 e. The van der Waals surface area contributed by atoms with E-state index in [0.29, 0.717) is 6.54 Å². The summed E-state index contributed by atoms with van der Waals surface area (Å²) in [6, 6.07) is 8.02. The van der Waals surface area contributed by atoms with E-state index in [4.69, 9.17) is 0 Å². The maximum atomic E-state index is 10.2. The normalized spacial score (nSPS) is 18.8. The maximum Gasteiger partial charge on any atom is 0.0959 e. The average Bonchev–Trinajstić information content (AvgIpc) is 2.83. The van der Waals surface area contributed by atoms with E-state index in [-0.39, 0.29) is 6.10 Å². The number of fused-ring (bicyclic) bond motifs is 1. The summed E-state index contributed by atoms with van der Waals surface area (Å²) in [6.07, 6.45) is 1.46. The summed E-state index contributed by atoms with van der Waals surface area (Å²) in [5.41, 5.74) is 2.07. The van der Waals surface area contributed by atoms with Crippen LogP contribution in [0.4, 0.5) is 0 Å². The minimum Gasteiger partial charge on any atom is -0.390 e. The van der Waals surface area contributed by atoms with Gasteiger partial charge < -0.3 is 15.0 Å². The Hall–Kier alpha value is -1.43. The number of benzene rings is 1. The van der Waals surface area contributed by atoms with Crippen molar-refractivity contribution in [2.24, 2.45) is 0 Å². The molecule has 2 heterocycles. The molecule has 0 aliphatic carbocycles. The van der Waals surface area contributed by atoms with Gasteiger partial charge in [-0.2, -0.15) is 0 Å². The zero-order valence-corrected chi connectivity index (χ0v) is 11.0. The Labute approximate surface area is 112 Å². The number of rotatable bonds is 4. The molecule has 1 saturated heterocycles. The zero-order valence-electron chi connectivity index (χ0n) is 11.0. The lowest BCUT2D eigenvalue weighted by atomic mass is 10.2. The Balaban J connectivity index is 1.63. The van der Waals surface area contributed by atoms with E-state index < -0.39 is 0 Å². The first-order valence-electron chi connectivity index (χ1n) is 6.84. The second-order valence-electron chi connectivity index (χ2n) is 5.09. The lowest BCUT2D eigenvalue weighted by Gasteiger charge is -2.29. The molecule has 0 radical (unpaired) electrons. The van der Waals surface area contributed by atoms with Crippen LogP contribution in [-0.2, 0) is 6.54 Å². The molecule has 1 aromatic carbocycles. The molecule has 1 fully saturated rings. The maximum absolute atomic E-state index is 10.2. The van der Waals surface area contributed by atoms with Crippen LogP contribution in [0.1, 0.15) is 0 Å². The van der Waals surface area contributed by atoms with Gasteiger partial charge in [-0.25, -0.2) is 4.98 Å². The molecule has 1 aliphatic rings. The first-order chi connectivity index (χ1) is 9.33. The number of hydrogen-bond donors (Lipinski definition) is 2. The van der Waals surface area contributed by atoms with Crippen LogP contribution in [0.25, 0.3) is 11.0 Å². The lowest BCUT2D eigenvalue weighted by molar-refractivity contribution is 0.0926. The van der Waals surface area contributed by atoms with Gasteiger partial charge in [-0.15, -0.1) is 0 Å². The molecule has 3 rings (SSSR count). The highest BCUT2D eigenvalue weighted by Gasteiger charge is 2.15. The Morgan fingerprint density at radius 3 is 2.84 bits per heavy atom. The third-order valence-electron chi connectivity index (χ3n) is 3.61. The highest BCUT2D eigenvalue weighted by atomic mass is 16.3. The number of aromatic nitrogens is 2. The fraction of sp³-hybridized carbons (Fsp3) is 0.500. The molecule has 1 unspecified atom stereocenters. The number of imidazole rings is 1. The van der Waals surface area contributed by atoms with Crippen LogP contribution in [0.15, 0.2) is 30.6 Å². The molecule has 5 heteroatoms. The molecule has 0 bridgehead atoms. The van der Waals surface area contributed by atoms with Crippen molar-refractivity contribution >= 4 is 11.0 Å². The van der Waals surface area contributed by atoms with E-state index in [2.05, 4.69) is 15.2 Å². The summed E-state index contributed by atoms with van der Waals surface area (Å²) in [7, 11) is 0. The van der Waals surface area contributed by atoms with Crippen molar-refractivity contribution in [3.63, 3.8) is 0 Å². The molecule has 5 nitrogen and oxygen atoms in total. The molecule has 102 valence electrons. The van der Waals surface area contributed by atoms with E-state index in [1.165, 1.54) is 0 Å². The van der Waals surface area contributed by atoms with Gasteiger partial charge in [0.25, 0.3) is 0 Å². The van der Waals surface area contributed by atoms with Crippen molar-refractivity contribution in [2.75, 3.05) is 32.7 Å². The van der Waals surface area contributed by atoms with Crippen molar-refractivity contribution in [2.45, 2.75) is 12.6 Å². The molecule has 2 aromatic rings. The van der Waals surface area contributed by atoms with Crippen molar-refractivity contribution in [3.05, 3.63) is 30.6 Å². The summed E-state index contributed by atoms with van der Waals surface area (Å²) in [5.74, 6) is 0. The monoisotopic (exact) mass is 260 g/mol. The van der Waals surface area contributed by atoms with Gasteiger partial charge in [0, 0.05) is 32.7 Å². The summed E-state index contributed by atoms with van der Waals surface area (Å²) < 4.78 is 2.03. The molecule has 1 aliphatic heterocycles. The molecule has 0 amide bonds. The van der Waals surface area contributed by atoms with E-state index >= 15 is 0 Å². The van der Waals surface area contributed by atoms with Crippen LogP contribution in [0.5, 0.6) is 0 Å². The van der Waals surface area contributed by atoms with Crippen LogP contribution in [0.2, 0.25) is 0 Å². The van der Waals surface area contributed by atoms with Gasteiger partial charge in [-0.3, -0.25) is 4.90 Å². The lowest BCUT2D eigenvalue weighted by Crippen LogP contribution is -2.46. The molecular formula is C14H20N4O. The fourth-order valence-corrected chi connectivity index (χ4v) is 2.63. The van der Waals surface area contributed by atoms with Gasteiger partial charge in [0.2, 0.25) is 0 Å². The van der Waals surface area contributed by atoms with Crippen LogP contribution >= 0.6 is 0 Å². The second-order valence-corrected chi connectivity index (χ2v) is 5.09. The van der Waals surface area contributed by atoms with Gasteiger partial charge in [-0.1, -0.05) is 12.1 Å². The minimum absolute atomic E-state index is 0.351. The van der Waals surface area contributed by atoms with E-state index in [1.54, 1.807) is 0 Å². The molecular weight excluding hydrogens is 240 g/mol. The second kappa shape index (κ2) is 5.69. The summed E-state index contributed by atoms with van der Waals surface area (Å²) >= 11 is 0. The van der Waals surface area contributed by atoms with E-state index in [1.807, 2.05) is 35.2 Å². The quantitative estimate of drug-likeness (QED) is 0.830. The number of nitrogens with zero attached hydrogens (tertiary/aromatic N) is 3. The van der Waals surface area contributed by atoms with Crippen molar-refractivity contribution in [1.82, 2.24) is 19.8 Å². The predicted octanol–water partition coefficient (Wildman–Crippen LogP) is 0.302. The first kappa shape index (κ1) is 12.6. The number of piperazine rings is 1. The van der Waals surface area contributed by atoms with Gasteiger partial charge in [0.15, 0.2) is 0 Å². The zero-order chi connectivity index (χ0) is 13.1. The van der Waals surface area contributed by atoms with Crippen molar-refractivity contribution < 1.29 is 5.11 Å². The number of aliphatic hydroxyl groups is 1. The Kier molecular flexibility index (Phi) is 3.77. The van der Waals surface area contributed by atoms with Crippen molar-refractivity contribution in [1.29, 1.82) is 0 Å². The standard InChI is InChI=1S/C14H20N4O/c19-12(9-17-7-5-15-6-8-17)10-18-11-16-13-3-1-2-4-14(13)18/h1-4,11-12,15,19H,5-10H2. The third-order valence-corrected chi connectivity index (χ3v) is 3.61. The summed E-state index contributed by atoms with van der Waals surface area (Å²) in [5, 5.41) is 13.5. The van der Waals surface area contributed by atoms with Gasteiger partial charge in [-0.05, 0) is 12.1 Å². The summed E-state index contributed by atoms with van der Waals surface area (Å²) in [6.45, 7) is 5.39. The number of β-amino-alcohol motifs (C(OH)–C–C–N with tert-alkyl or cyclic N) is 1. The Morgan fingerprint density at radius 1 is 1.21 bits per heavy atom. The SMILES string of the molecule is OC(CN1CCNCC1)Cn1cnc2ccccc21. The molecule has 1 aromatic heterocycles. The van der Waals surface area contributed by atoms with Crippen LogP contribution in [0.3, 0.4) is 0 Å². The Bertz CT molecular complexity index is 533.